The lowest BCUT2D eigenvalue weighted by molar-refractivity contribution is -0.120. The van der Waals surface area contributed by atoms with Crippen molar-refractivity contribution in [3.8, 4) is 0 Å². The van der Waals surface area contributed by atoms with Crippen LogP contribution >= 0.6 is 23.2 Å². The van der Waals surface area contributed by atoms with Crippen LogP contribution in [0, 0.1) is 0 Å². The van der Waals surface area contributed by atoms with E-state index in [1.165, 1.54) is 0 Å². The van der Waals surface area contributed by atoms with E-state index in [1.807, 2.05) is 26.1 Å². The van der Waals surface area contributed by atoms with Gasteiger partial charge in [0.1, 0.15) is 0 Å². The molecule has 1 saturated heterocycles. The van der Waals surface area contributed by atoms with Crippen LogP contribution in [0.2, 0.25) is 10.0 Å². The van der Waals surface area contributed by atoms with Gasteiger partial charge in [0.2, 0.25) is 5.91 Å². The van der Waals surface area contributed by atoms with E-state index in [4.69, 9.17) is 23.2 Å². The first-order chi connectivity index (χ1) is 13.0. The Bertz CT molecular complexity index is 789. The number of amides is 1. The molecule has 144 valence electrons. The van der Waals surface area contributed by atoms with E-state index in [0.717, 1.165) is 31.7 Å². The van der Waals surface area contributed by atoms with Gasteiger partial charge >= 0.3 is 0 Å². The summed E-state index contributed by atoms with van der Waals surface area (Å²) in [4.78, 5) is 16.9. The molecule has 1 aliphatic rings. The van der Waals surface area contributed by atoms with Gasteiger partial charge in [0.15, 0.2) is 5.82 Å². The molecular formula is C19H23Cl2N5O. The highest BCUT2D eigenvalue weighted by molar-refractivity contribution is 6.42. The summed E-state index contributed by atoms with van der Waals surface area (Å²) in [5.74, 6) is 0.807. The molecule has 1 amide bonds. The lowest BCUT2D eigenvalue weighted by atomic mass is 10.1. The first-order valence-electron chi connectivity index (χ1n) is 8.96. The Morgan fingerprint density at radius 2 is 2.19 bits per heavy atom. The number of hydrogen-bond acceptors (Lipinski definition) is 5. The molecule has 2 aromatic rings. The monoisotopic (exact) mass is 407 g/mol. The quantitative estimate of drug-likeness (QED) is 0.790. The Hall–Kier alpha value is -1.89. The van der Waals surface area contributed by atoms with E-state index in [2.05, 4.69) is 25.3 Å². The van der Waals surface area contributed by atoms with Crippen molar-refractivity contribution in [3.63, 3.8) is 0 Å². The number of anilines is 2. The van der Waals surface area contributed by atoms with Crippen LogP contribution in [0.5, 0.6) is 0 Å². The predicted molar refractivity (Wildman–Crippen MR) is 110 cm³/mol. The van der Waals surface area contributed by atoms with Crippen molar-refractivity contribution in [3.05, 3.63) is 46.6 Å². The topological polar surface area (TPSA) is 61.4 Å². The molecule has 27 heavy (non-hydrogen) atoms. The van der Waals surface area contributed by atoms with Crippen molar-refractivity contribution in [2.24, 2.45) is 0 Å². The van der Waals surface area contributed by atoms with Crippen LogP contribution in [-0.4, -0.2) is 53.2 Å². The highest BCUT2D eigenvalue weighted by atomic mass is 35.5. The van der Waals surface area contributed by atoms with E-state index in [9.17, 15) is 4.79 Å². The summed E-state index contributed by atoms with van der Waals surface area (Å²) in [6.45, 7) is 3.63. The highest BCUT2D eigenvalue weighted by Crippen LogP contribution is 2.26. The Morgan fingerprint density at radius 3 is 2.89 bits per heavy atom. The maximum Gasteiger partial charge on any atom is 0.241 e. The average molecular weight is 408 g/mol. The lowest BCUT2D eigenvalue weighted by Crippen LogP contribution is -2.46. The van der Waals surface area contributed by atoms with E-state index in [0.29, 0.717) is 21.8 Å². The molecule has 1 aromatic heterocycles. The molecule has 0 bridgehead atoms. The zero-order chi connectivity index (χ0) is 19.4. The van der Waals surface area contributed by atoms with Crippen LogP contribution in [-0.2, 0) is 4.79 Å². The second kappa shape index (κ2) is 8.87. The van der Waals surface area contributed by atoms with Crippen LogP contribution in [0.25, 0.3) is 0 Å². The van der Waals surface area contributed by atoms with Gasteiger partial charge in [0.05, 0.1) is 16.1 Å². The van der Waals surface area contributed by atoms with Crippen molar-refractivity contribution in [1.29, 1.82) is 0 Å². The Morgan fingerprint density at radius 1 is 1.37 bits per heavy atom. The molecule has 1 aromatic carbocycles. The Kier molecular flexibility index (Phi) is 6.52. The van der Waals surface area contributed by atoms with Crippen molar-refractivity contribution >= 4 is 40.6 Å². The van der Waals surface area contributed by atoms with Crippen molar-refractivity contribution in [2.75, 3.05) is 30.4 Å². The average Bonchev–Trinajstić information content (AvgIpc) is 3.12. The largest absolute Gasteiger partial charge is 0.351 e. The van der Waals surface area contributed by atoms with Crippen LogP contribution in [0.3, 0.4) is 0 Å². The molecule has 2 unspecified atom stereocenters. The molecule has 3 rings (SSSR count). The number of halogens is 2. The van der Waals surface area contributed by atoms with Gasteiger partial charge in [-0.2, -0.15) is 5.10 Å². The summed E-state index contributed by atoms with van der Waals surface area (Å²) in [5.41, 5.74) is 0.636. The number of benzene rings is 1. The van der Waals surface area contributed by atoms with Crippen molar-refractivity contribution in [2.45, 2.75) is 31.8 Å². The minimum absolute atomic E-state index is 0.0834. The van der Waals surface area contributed by atoms with E-state index >= 15 is 0 Å². The normalized spacial score (nSPS) is 18.0. The summed E-state index contributed by atoms with van der Waals surface area (Å²) in [6, 6.07) is 8.97. The van der Waals surface area contributed by atoms with Crippen LogP contribution in [0.15, 0.2) is 36.5 Å². The third kappa shape index (κ3) is 4.89. The fraction of sp³-hybridized carbons (Fsp3) is 0.421. The molecular weight excluding hydrogens is 385 g/mol. The number of carbonyl (C=O) groups is 1. The number of rotatable bonds is 6. The predicted octanol–water partition coefficient (Wildman–Crippen LogP) is 3.71. The number of hydrogen-bond donors (Lipinski definition) is 1. The number of aromatic nitrogens is 2. The second-order valence-electron chi connectivity index (χ2n) is 6.80. The summed E-state index contributed by atoms with van der Waals surface area (Å²) in [7, 11) is 1.96. The first-order valence-corrected chi connectivity index (χ1v) is 9.72. The van der Waals surface area contributed by atoms with Crippen LogP contribution < -0.4 is 10.2 Å². The maximum absolute atomic E-state index is 12.6. The molecule has 1 N–H and O–H groups in total. The minimum Gasteiger partial charge on any atom is -0.351 e. The third-order valence-electron chi connectivity index (χ3n) is 4.96. The zero-order valence-corrected chi connectivity index (χ0v) is 16.9. The van der Waals surface area contributed by atoms with E-state index in [1.54, 1.807) is 24.4 Å². The SMILES string of the molecule is CC(C(=O)Nc1ccc(Cl)c(Cl)c1)N(C)CC1CCCN1c1cccnn1. The molecule has 0 radical (unpaired) electrons. The Balaban J connectivity index is 1.60. The van der Waals surface area contributed by atoms with Gasteiger partial charge in [0.25, 0.3) is 0 Å². The Labute approximate surface area is 169 Å². The third-order valence-corrected chi connectivity index (χ3v) is 5.70. The van der Waals surface area contributed by atoms with E-state index < -0.39 is 0 Å². The molecule has 2 atom stereocenters. The van der Waals surface area contributed by atoms with Crippen molar-refractivity contribution in [1.82, 2.24) is 15.1 Å². The first kappa shape index (κ1) is 19.9. The second-order valence-corrected chi connectivity index (χ2v) is 7.62. The maximum atomic E-state index is 12.6. The molecule has 2 heterocycles. The smallest absolute Gasteiger partial charge is 0.241 e. The van der Waals surface area contributed by atoms with Gasteiger partial charge in [-0.3, -0.25) is 9.69 Å². The van der Waals surface area contributed by atoms with Gasteiger partial charge in [-0.15, -0.1) is 5.10 Å². The molecule has 8 heteroatoms. The van der Waals surface area contributed by atoms with Gasteiger partial charge in [-0.05, 0) is 57.1 Å². The fourth-order valence-electron chi connectivity index (χ4n) is 3.29. The molecule has 6 nitrogen and oxygen atoms in total. The van der Waals surface area contributed by atoms with Crippen LogP contribution in [0.1, 0.15) is 19.8 Å². The highest BCUT2D eigenvalue weighted by Gasteiger charge is 2.29. The number of nitrogens with one attached hydrogen (secondary N) is 1. The molecule has 0 spiro atoms. The molecule has 1 aliphatic heterocycles. The molecule has 0 aliphatic carbocycles. The lowest BCUT2D eigenvalue weighted by Gasteiger charge is -2.31. The minimum atomic E-state index is -0.288. The number of likely N-dealkylation sites (N-methyl/N-ethyl adjacent to an activating group) is 1. The fourth-order valence-corrected chi connectivity index (χ4v) is 3.58. The summed E-state index contributed by atoms with van der Waals surface area (Å²) >= 11 is 11.9. The standard InChI is InChI=1S/C19H23Cl2N5O/c1-13(19(27)23-14-7-8-16(20)17(21)11-14)25(2)12-15-5-4-10-26(15)18-6-3-9-22-24-18/h3,6-9,11,13,15H,4-5,10,12H2,1-2H3,(H,23,27). The number of carbonyl (C=O) groups excluding carboxylic acids is 1. The summed E-state index contributed by atoms with van der Waals surface area (Å²) in [6.07, 6.45) is 3.86. The number of nitrogens with zero attached hydrogens (tertiary/aromatic N) is 4. The summed E-state index contributed by atoms with van der Waals surface area (Å²) < 4.78 is 0. The van der Waals surface area contributed by atoms with Gasteiger partial charge in [-0.25, -0.2) is 0 Å². The molecule has 1 fully saturated rings. The zero-order valence-electron chi connectivity index (χ0n) is 15.4. The van der Waals surface area contributed by atoms with Gasteiger partial charge in [-0.1, -0.05) is 23.2 Å². The summed E-state index contributed by atoms with van der Waals surface area (Å²) in [5, 5.41) is 12.0. The van der Waals surface area contributed by atoms with Crippen LogP contribution in [0.4, 0.5) is 11.5 Å². The molecule has 0 saturated carbocycles. The van der Waals surface area contributed by atoms with Crippen molar-refractivity contribution < 1.29 is 4.79 Å². The van der Waals surface area contributed by atoms with E-state index in [-0.39, 0.29) is 11.9 Å². The van der Waals surface area contributed by atoms with Gasteiger partial charge in [0, 0.05) is 31.0 Å². The van der Waals surface area contributed by atoms with Gasteiger partial charge < -0.3 is 10.2 Å².